The number of nitrogens with two attached hydrogens (primary N) is 1. The summed E-state index contributed by atoms with van der Waals surface area (Å²) >= 11 is 5.95. The summed E-state index contributed by atoms with van der Waals surface area (Å²) in [6.07, 6.45) is 3.08. The van der Waals surface area contributed by atoms with Gasteiger partial charge in [-0.25, -0.2) is 0 Å². The van der Waals surface area contributed by atoms with Crippen molar-refractivity contribution in [3.8, 4) is 6.07 Å². The number of nitrogens with zero attached hydrogens (tertiary/aromatic N) is 1. The average molecular weight is 221 g/mol. The van der Waals surface area contributed by atoms with Crippen LogP contribution in [0.15, 0.2) is 18.2 Å². The van der Waals surface area contributed by atoms with E-state index in [1.54, 1.807) is 12.1 Å². The van der Waals surface area contributed by atoms with Crippen LogP contribution in [-0.4, -0.2) is 6.04 Å². The molecule has 15 heavy (non-hydrogen) atoms. The third-order valence-corrected chi connectivity index (χ3v) is 3.28. The van der Waals surface area contributed by atoms with Crippen molar-refractivity contribution in [1.82, 2.24) is 0 Å². The first-order valence-electron chi connectivity index (χ1n) is 5.16. The third-order valence-electron chi connectivity index (χ3n) is 3.05. The van der Waals surface area contributed by atoms with Crippen LogP contribution in [-0.2, 0) is 0 Å². The van der Waals surface area contributed by atoms with Crippen LogP contribution >= 0.6 is 11.6 Å². The number of hydrogen-bond donors (Lipinski definition) is 1. The fourth-order valence-corrected chi connectivity index (χ4v) is 2.45. The smallest absolute Gasteiger partial charge is 0.0994 e. The fraction of sp³-hybridized carbons (Fsp3) is 0.417. The Labute approximate surface area is 94.7 Å². The van der Waals surface area contributed by atoms with E-state index >= 15 is 0 Å². The van der Waals surface area contributed by atoms with E-state index in [1.165, 1.54) is 0 Å². The Kier molecular flexibility index (Phi) is 2.95. The molecule has 2 N–H and O–H groups in total. The van der Waals surface area contributed by atoms with E-state index < -0.39 is 0 Å². The zero-order valence-electron chi connectivity index (χ0n) is 8.41. The topological polar surface area (TPSA) is 49.8 Å². The zero-order valence-corrected chi connectivity index (χ0v) is 9.17. The lowest BCUT2D eigenvalue weighted by atomic mass is 9.93. The van der Waals surface area contributed by atoms with E-state index in [4.69, 9.17) is 22.6 Å². The molecule has 0 heterocycles. The second-order valence-corrected chi connectivity index (χ2v) is 4.55. The lowest BCUT2D eigenvalue weighted by molar-refractivity contribution is 0.674. The van der Waals surface area contributed by atoms with Gasteiger partial charge in [0.2, 0.25) is 0 Å². The lowest BCUT2D eigenvalue weighted by Gasteiger charge is -2.12. The van der Waals surface area contributed by atoms with E-state index in [0.717, 1.165) is 30.4 Å². The van der Waals surface area contributed by atoms with E-state index in [-0.39, 0.29) is 6.04 Å². The summed E-state index contributed by atoms with van der Waals surface area (Å²) in [5, 5.41) is 9.71. The predicted octanol–water partition coefficient (Wildman–Crippen LogP) is 2.81. The van der Waals surface area contributed by atoms with Gasteiger partial charge >= 0.3 is 0 Å². The van der Waals surface area contributed by atoms with Gasteiger partial charge in [-0.15, -0.1) is 0 Å². The first-order valence-corrected chi connectivity index (χ1v) is 5.53. The van der Waals surface area contributed by atoms with Crippen molar-refractivity contribution < 1.29 is 0 Å². The van der Waals surface area contributed by atoms with Gasteiger partial charge < -0.3 is 5.73 Å². The molecule has 1 aromatic carbocycles. The molecule has 1 aliphatic carbocycles. The van der Waals surface area contributed by atoms with Gasteiger partial charge in [-0.2, -0.15) is 5.26 Å². The minimum atomic E-state index is 0.278. The Balaban J connectivity index is 2.34. The van der Waals surface area contributed by atoms with Gasteiger partial charge in [0.05, 0.1) is 11.6 Å². The maximum Gasteiger partial charge on any atom is 0.0994 e. The van der Waals surface area contributed by atoms with Crippen molar-refractivity contribution in [1.29, 1.82) is 5.26 Å². The molecule has 0 radical (unpaired) electrons. The van der Waals surface area contributed by atoms with Gasteiger partial charge in [0.15, 0.2) is 0 Å². The fourth-order valence-electron chi connectivity index (χ4n) is 2.27. The molecule has 1 fully saturated rings. The average Bonchev–Trinajstić information content (AvgIpc) is 2.65. The van der Waals surface area contributed by atoms with E-state index in [0.29, 0.717) is 10.9 Å². The second kappa shape index (κ2) is 4.22. The molecule has 1 saturated carbocycles. The maximum absolute atomic E-state index is 9.01. The van der Waals surface area contributed by atoms with Crippen molar-refractivity contribution in [3.05, 3.63) is 34.3 Å². The Bertz CT molecular complexity index is 409. The molecule has 3 heteroatoms. The molecule has 0 unspecified atom stereocenters. The SMILES string of the molecule is N#Cc1ccc(Cl)cc1[C@@H]1CC[C@@H](N)C1. The quantitative estimate of drug-likeness (QED) is 0.791. The van der Waals surface area contributed by atoms with Crippen LogP contribution < -0.4 is 5.73 Å². The lowest BCUT2D eigenvalue weighted by Crippen LogP contribution is -2.14. The molecule has 0 spiro atoms. The van der Waals surface area contributed by atoms with E-state index in [1.807, 2.05) is 6.07 Å². The summed E-state index contributed by atoms with van der Waals surface area (Å²) in [6, 6.07) is 7.95. The van der Waals surface area contributed by atoms with Crippen LogP contribution in [0.25, 0.3) is 0 Å². The number of halogens is 1. The molecule has 0 saturated heterocycles. The molecule has 0 aromatic heterocycles. The van der Waals surface area contributed by atoms with Crippen molar-refractivity contribution in [2.75, 3.05) is 0 Å². The number of hydrogen-bond acceptors (Lipinski definition) is 2. The summed E-state index contributed by atoms with van der Waals surface area (Å²) in [6.45, 7) is 0. The Hall–Kier alpha value is -1.04. The zero-order chi connectivity index (χ0) is 10.8. The van der Waals surface area contributed by atoms with Gasteiger partial charge in [-0.05, 0) is 48.9 Å². The van der Waals surface area contributed by atoms with Gasteiger partial charge in [0.1, 0.15) is 0 Å². The molecule has 78 valence electrons. The number of benzene rings is 1. The van der Waals surface area contributed by atoms with Crippen LogP contribution in [0.5, 0.6) is 0 Å². The maximum atomic E-state index is 9.01. The number of nitriles is 1. The molecule has 2 atom stereocenters. The van der Waals surface area contributed by atoms with Gasteiger partial charge in [0.25, 0.3) is 0 Å². The molecule has 1 aromatic rings. The summed E-state index contributed by atoms with van der Waals surface area (Å²) in [7, 11) is 0. The molecule has 2 nitrogen and oxygen atoms in total. The van der Waals surface area contributed by atoms with E-state index in [9.17, 15) is 0 Å². The van der Waals surface area contributed by atoms with Gasteiger partial charge in [-0.3, -0.25) is 0 Å². The van der Waals surface area contributed by atoms with Gasteiger partial charge in [-0.1, -0.05) is 11.6 Å². The third kappa shape index (κ3) is 2.14. The molecular formula is C12H13ClN2. The largest absolute Gasteiger partial charge is 0.328 e. The minimum absolute atomic E-state index is 0.278. The normalized spacial score (nSPS) is 25.1. The molecule has 0 amide bonds. The first kappa shape index (κ1) is 10.5. The number of rotatable bonds is 1. The highest BCUT2D eigenvalue weighted by molar-refractivity contribution is 6.30. The first-order chi connectivity index (χ1) is 7.20. The summed E-state index contributed by atoms with van der Waals surface area (Å²) < 4.78 is 0. The highest BCUT2D eigenvalue weighted by Crippen LogP contribution is 2.36. The van der Waals surface area contributed by atoms with Crippen LogP contribution in [0.2, 0.25) is 5.02 Å². The Morgan fingerprint density at radius 2 is 2.20 bits per heavy atom. The highest BCUT2D eigenvalue weighted by Gasteiger charge is 2.25. The van der Waals surface area contributed by atoms with Crippen molar-refractivity contribution in [3.63, 3.8) is 0 Å². The van der Waals surface area contributed by atoms with Crippen molar-refractivity contribution >= 4 is 11.6 Å². The second-order valence-electron chi connectivity index (χ2n) is 4.11. The van der Waals surface area contributed by atoms with Crippen LogP contribution in [0, 0.1) is 11.3 Å². The van der Waals surface area contributed by atoms with Crippen molar-refractivity contribution in [2.45, 2.75) is 31.2 Å². The highest BCUT2D eigenvalue weighted by atomic mass is 35.5. The van der Waals surface area contributed by atoms with Gasteiger partial charge in [0, 0.05) is 11.1 Å². The van der Waals surface area contributed by atoms with Crippen molar-refractivity contribution in [2.24, 2.45) is 5.73 Å². The molecular weight excluding hydrogens is 208 g/mol. The predicted molar refractivity (Wildman–Crippen MR) is 60.7 cm³/mol. The van der Waals surface area contributed by atoms with E-state index in [2.05, 4.69) is 6.07 Å². The van der Waals surface area contributed by atoms with Crippen LogP contribution in [0.3, 0.4) is 0 Å². The Morgan fingerprint density at radius 1 is 1.40 bits per heavy atom. The van der Waals surface area contributed by atoms with Crippen LogP contribution in [0.1, 0.15) is 36.3 Å². The summed E-state index contributed by atoms with van der Waals surface area (Å²) in [4.78, 5) is 0. The molecule has 2 rings (SSSR count). The summed E-state index contributed by atoms with van der Waals surface area (Å²) in [5.74, 6) is 0.411. The Morgan fingerprint density at radius 3 is 2.80 bits per heavy atom. The summed E-state index contributed by atoms with van der Waals surface area (Å²) in [5.41, 5.74) is 7.68. The standard InChI is InChI=1S/C12H13ClN2/c13-10-3-1-9(7-14)12(6-10)8-2-4-11(15)5-8/h1,3,6,8,11H,2,4-5,15H2/t8-,11-/m1/s1. The van der Waals surface area contributed by atoms with Crippen LogP contribution in [0.4, 0.5) is 0 Å². The monoisotopic (exact) mass is 220 g/mol. The minimum Gasteiger partial charge on any atom is -0.328 e. The molecule has 0 bridgehead atoms. The molecule has 0 aliphatic heterocycles. The molecule has 1 aliphatic rings.